The van der Waals surface area contributed by atoms with E-state index in [0.29, 0.717) is 16.3 Å². The molecule has 3 nitrogen and oxygen atoms in total. The first kappa shape index (κ1) is 13.1. The van der Waals surface area contributed by atoms with Gasteiger partial charge in [-0.15, -0.1) is 0 Å². The van der Waals surface area contributed by atoms with Crippen LogP contribution in [0.4, 0.5) is 5.69 Å². The molecule has 2 aromatic rings. The molecule has 0 fully saturated rings. The zero-order valence-electron chi connectivity index (χ0n) is 9.58. The number of hydrogen-bond donors (Lipinski definition) is 1. The van der Waals surface area contributed by atoms with E-state index < -0.39 is 0 Å². The lowest BCUT2D eigenvalue weighted by Crippen LogP contribution is -2.12. The summed E-state index contributed by atoms with van der Waals surface area (Å²) < 4.78 is 0.725. The molecule has 0 unspecified atom stereocenters. The number of pyridine rings is 1. The molecule has 1 aromatic heterocycles. The Labute approximate surface area is 118 Å². The summed E-state index contributed by atoms with van der Waals surface area (Å²) in [4.78, 5) is 16.0. The van der Waals surface area contributed by atoms with Gasteiger partial charge in [-0.2, -0.15) is 0 Å². The van der Waals surface area contributed by atoms with Crippen LogP contribution in [0, 0.1) is 6.92 Å². The Morgan fingerprint density at radius 3 is 2.72 bits per heavy atom. The van der Waals surface area contributed by atoms with Gasteiger partial charge in [0.1, 0.15) is 4.60 Å². The molecule has 1 N–H and O–H groups in total. The zero-order chi connectivity index (χ0) is 13.1. The van der Waals surface area contributed by atoms with Crippen molar-refractivity contribution in [1.29, 1.82) is 0 Å². The van der Waals surface area contributed by atoms with E-state index in [-0.39, 0.29) is 5.91 Å². The lowest BCUT2D eigenvalue weighted by atomic mass is 10.1. The highest BCUT2D eigenvalue weighted by molar-refractivity contribution is 9.10. The third-order valence-electron chi connectivity index (χ3n) is 2.41. The second-order valence-electron chi connectivity index (χ2n) is 3.79. The van der Waals surface area contributed by atoms with E-state index in [2.05, 4.69) is 26.2 Å². The maximum atomic E-state index is 12.0. The number of carbonyl (C=O) groups is 1. The fourth-order valence-electron chi connectivity index (χ4n) is 1.44. The second-order valence-corrected chi connectivity index (χ2v) is 5.01. The summed E-state index contributed by atoms with van der Waals surface area (Å²) in [5.41, 5.74) is 2.09. The minimum atomic E-state index is -0.182. The van der Waals surface area contributed by atoms with E-state index in [4.69, 9.17) is 11.6 Å². The van der Waals surface area contributed by atoms with Gasteiger partial charge in [-0.05, 0) is 58.7 Å². The molecular formula is C13H10BrClN2O. The molecule has 0 saturated carbocycles. The topological polar surface area (TPSA) is 42.0 Å². The number of nitrogens with zero attached hydrogens (tertiary/aromatic N) is 1. The summed E-state index contributed by atoms with van der Waals surface area (Å²) in [6.07, 6.45) is 1.59. The summed E-state index contributed by atoms with van der Waals surface area (Å²) >= 11 is 9.15. The van der Waals surface area contributed by atoms with Gasteiger partial charge in [0, 0.05) is 10.6 Å². The Hall–Kier alpha value is -1.39. The standard InChI is InChI=1S/C13H10BrClN2O/c1-8-6-9(2-4-11(8)15)13(18)17-10-3-5-12(14)16-7-10/h2-7H,1H3,(H,17,18). The number of nitrogens with one attached hydrogen (secondary N) is 1. The summed E-state index contributed by atoms with van der Waals surface area (Å²) in [7, 11) is 0. The van der Waals surface area contributed by atoms with Crippen LogP contribution in [0.25, 0.3) is 0 Å². The lowest BCUT2D eigenvalue weighted by molar-refractivity contribution is 0.102. The predicted octanol–water partition coefficient (Wildman–Crippen LogP) is 4.06. The Kier molecular flexibility index (Phi) is 3.99. The number of carbonyl (C=O) groups excluding carboxylic acids is 1. The van der Waals surface area contributed by atoms with Crippen LogP contribution in [0.3, 0.4) is 0 Å². The van der Waals surface area contributed by atoms with Gasteiger partial charge in [0.2, 0.25) is 0 Å². The molecule has 0 aliphatic rings. The van der Waals surface area contributed by atoms with Crippen LogP contribution in [0.2, 0.25) is 5.02 Å². The first-order valence-corrected chi connectivity index (χ1v) is 6.42. The highest BCUT2D eigenvalue weighted by atomic mass is 79.9. The zero-order valence-corrected chi connectivity index (χ0v) is 11.9. The quantitative estimate of drug-likeness (QED) is 0.846. The van der Waals surface area contributed by atoms with Crippen molar-refractivity contribution in [2.24, 2.45) is 0 Å². The molecule has 0 saturated heterocycles. The first-order chi connectivity index (χ1) is 8.56. The minimum Gasteiger partial charge on any atom is -0.321 e. The third-order valence-corrected chi connectivity index (χ3v) is 3.30. The van der Waals surface area contributed by atoms with Gasteiger partial charge in [0.05, 0.1) is 11.9 Å². The molecule has 1 heterocycles. The number of rotatable bonds is 2. The molecule has 1 amide bonds. The van der Waals surface area contributed by atoms with Crippen LogP contribution >= 0.6 is 27.5 Å². The smallest absolute Gasteiger partial charge is 0.255 e. The molecule has 0 aliphatic heterocycles. The molecule has 2 rings (SSSR count). The van der Waals surface area contributed by atoms with E-state index in [1.165, 1.54) is 0 Å². The van der Waals surface area contributed by atoms with E-state index >= 15 is 0 Å². The molecule has 92 valence electrons. The van der Waals surface area contributed by atoms with Crippen LogP contribution in [-0.4, -0.2) is 10.9 Å². The Morgan fingerprint density at radius 2 is 2.11 bits per heavy atom. The molecular weight excluding hydrogens is 316 g/mol. The summed E-state index contributed by atoms with van der Waals surface area (Å²) in [5, 5.41) is 3.42. The maximum Gasteiger partial charge on any atom is 0.255 e. The fourth-order valence-corrected chi connectivity index (χ4v) is 1.79. The number of anilines is 1. The number of amides is 1. The Balaban J connectivity index is 2.16. The minimum absolute atomic E-state index is 0.182. The Bertz CT molecular complexity index is 584. The molecule has 18 heavy (non-hydrogen) atoms. The SMILES string of the molecule is Cc1cc(C(=O)Nc2ccc(Br)nc2)ccc1Cl. The molecule has 5 heteroatoms. The highest BCUT2D eigenvalue weighted by Crippen LogP contribution is 2.17. The van der Waals surface area contributed by atoms with E-state index in [1.807, 2.05) is 6.92 Å². The van der Waals surface area contributed by atoms with E-state index in [1.54, 1.807) is 36.5 Å². The van der Waals surface area contributed by atoms with Gasteiger partial charge >= 0.3 is 0 Å². The van der Waals surface area contributed by atoms with Crippen LogP contribution in [0.5, 0.6) is 0 Å². The molecule has 0 bridgehead atoms. The van der Waals surface area contributed by atoms with Crippen LogP contribution < -0.4 is 5.32 Å². The summed E-state index contributed by atoms with van der Waals surface area (Å²) in [6.45, 7) is 1.86. The maximum absolute atomic E-state index is 12.0. The van der Waals surface area contributed by atoms with E-state index in [0.717, 1.165) is 10.2 Å². The van der Waals surface area contributed by atoms with Crippen molar-refractivity contribution < 1.29 is 4.79 Å². The Morgan fingerprint density at radius 1 is 1.33 bits per heavy atom. The third kappa shape index (κ3) is 3.09. The van der Waals surface area contributed by atoms with Crippen molar-refractivity contribution in [3.8, 4) is 0 Å². The summed E-state index contributed by atoms with van der Waals surface area (Å²) in [5.74, 6) is -0.182. The molecule has 0 aliphatic carbocycles. The highest BCUT2D eigenvalue weighted by Gasteiger charge is 2.07. The van der Waals surface area contributed by atoms with Gasteiger partial charge in [-0.1, -0.05) is 11.6 Å². The van der Waals surface area contributed by atoms with Gasteiger partial charge in [0.25, 0.3) is 5.91 Å². The molecule has 0 spiro atoms. The largest absolute Gasteiger partial charge is 0.321 e. The van der Waals surface area contributed by atoms with Crippen molar-refractivity contribution >= 4 is 39.1 Å². The van der Waals surface area contributed by atoms with E-state index in [9.17, 15) is 4.79 Å². The van der Waals surface area contributed by atoms with Gasteiger partial charge < -0.3 is 5.32 Å². The number of aromatic nitrogens is 1. The number of aryl methyl sites for hydroxylation is 1. The van der Waals surface area contributed by atoms with Gasteiger partial charge in [-0.3, -0.25) is 4.79 Å². The van der Waals surface area contributed by atoms with Crippen molar-refractivity contribution in [3.05, 3.63) is 57.3 Å². The van der Waals surface area contributed by atoms with Crippen molar-refractivity contribution in [2.45, 2.75) is 6.92 Å². The summed E-state index contributed by atoms with van der Waals surface area (Å²) in [6, 6.07) is 8.70. The van der Waals surface area contributed by atoms with Gasteiger partial charge in [0.15, 0.2) is 0 Å². The molecule has 0 atom stereocenters. The first-order valence-electron chi connectivity index (χ1n) is 5.25. The monoisotopic (exact) mass is 324 g/mol. The lowest BCUT2D eigenvalue weighted by Gasteiger charge is -2.06. The van der Waals surface area contributed by atoms with Crippen molar-refractivity contribution in [3.63, 3.8) is 0 Å². The molecule has 0 radical (unpaired) electrons. The molecule has 1 aromatic carbocycles. The average Bonchev–Trinajstić information content (AvgIpc) is 2.35. The van der Waals surface area contributed by atoms with Gasteiger partial charge in [-0.25, -0.2) is 4.98 Å². The predicted molar refractivity (Wildman–Crippen MR) is 76.1 cm³/mol. The van der Waals surface area contributed by atoms with Crippen LogP contribution in [0.15, 0.2) is 41.1 Å². The van der Waals surface area contributed by atoms with Crippen molar-refractivity contribution in [2.75, 3.05) is 5.32 Å². The van der Waals surface area contributed by atoms with Crippen LogP contribution in [0.1, 0.15) is 15.9 Å². The van der Waals surface area contributed by atoms with Crippen molar-refractivity contribution in [1.82, 2.24) is 4.98 Å². The normalized spacial score (nSPS) is 10.2. The second kappa shape index (κ2) is 5.50. The number of hydrogen-bond acceptors (Lipinski definition) is 2. The average molecular weight is 326 g/mol. The fraction of sp³-hybridized carbons (Fsp3) is 0.0769. The van der Waals surface area contributed by atoms with Crippen LogP contribution in [-0.2, 0) is 0 Å². The number of benzene rings is 1. The number of halogens is 2.